The molecule has 0 radical (unpaired) electrons. The molecule has 1 rings (SSSR count). The highest BCUT2D eigenvalue weighted by Crippen LogP contribution is 2.05. The van der Waals surface area contributed by atoms with Crippen molar-refractivity contribution in [1.29, 1.82) is 0 Å². The van der Waals surface area contributed by atoms with E-state index in [2.05, 4.69) is 0 Å². The number of rotatable bonds is 1. The molecule has 1 heteroatoms. The first-order valence-electron chi connectivity index (χ1n) is 5.02. The fourth-order valence-corrected chi connectivity index (χ4v) is 0.563. The number of benzene rings is 1. The minimum atomic E-state index is -2.87. The summed E-state index contributed by atoms with van der Waals surface area (Å²) in [5.74, 6) is -0.839. The van der Waals surface area contributed by atoms with Gasteiger partial charge in [0.25, 0.3) is 0 Å². The number of hydrogen-bond acceptors (Lipinski definition) is 0. The molecule has 1 aromatic carbocycles. The van der Waals surface area contributed by atoms with Crippen LogP contribution in [0.1, 0.15) is 19.3 Å². The van der Waals surface area contributed by atoms with Gasteiger partial charge in [0.15, 0.2) is 0 Å². The van der Waals surface area contributed by atoms with Crippen LogP contribution in [-0.2, 0) is 6.37 Å². The van der Waals surface area contributed by atoms with E-state index in [1.165, 1.54) is 12.1 Å². The molecule has 0 bridgehead atoms. The quantitative estimate of drug-likeness (QED) is 0.546. The summed E-state index contributed by atoms with van der Waals surface area (Å²) in [5, 5.41) is 0. The van der Waals surface area contributed by atoms with Crippen LogP contribution in [0.15, 0.2) is 24.3 Å². The van der Waals surface area contributed by atoms with Crippen molar-refractivity contribution in [3.05, 3.63) is 35.6 Å². The van der Waals surface area contributed by atoms with Crippen molar-refractivity contribution in [3.63, 3.8) is 0 Å². The molecule has 0 aliphatic rings. The lowest BCUT2D eigenvalue weighted by Gasteiger charge is -1.94. The van der Waals surface area contributed by atoms with Crippen molar-refractivity contribution in [2.24, 2.45) is 0 Å². The molecule has 0 saturated heterocycles. The molecule has 0 aliphatic carbocycles. The van der Waals surface area contributed by atoms with Gasteiger partial charge in [-0.15, -0.1) is 0 Å². The van der Waals surface area contributed by atoms with Crippen molar-refractivity contribution in [1.82, 2.24) is 0 Å². The Morgan fingerprint density at radius 2 is 2.44 bits per heavy atom. The van der Waals surface area contributed by atoms with Gasteiger partial charge in [0.2, 0.25) is 0 Å². The first-order chi connectivity index (χ1) is 6.27. The molecule has 0 N–H and O–H groups in total. The molecule has 0 aliphatic heterocycles. The molecular weight excluding hydrogens is 115 g/mol. The Bertz CT molecular complexity index is 331. The Balaban J connectivity index is 3.23. The Morgan fingerprint density at radius 3 is 3.11 bits per heavy atom. The van der Waals surface area contributed by atoms with Crippen LogP contribution in [0.3, 0.4) is 0 Å². The minimum absolute atomic E-state index is 0.431. The molecule has 1 aromatic rings. The molecular formula is C8H9F. The Kier molecular flexibility index (Phi) is 0.703. The van der Waals surface area contributed by atoms with Crippen LogP contribution in [0.4, 0.5) is 4.39 Å². The zero-order valence-electron chi connectivity index (χ0n) is 9.69. The van der Waals surface area contributed by atoms with Gasteiger partial charge < -0.3 is 0 Å². The van der Waals surface area contributed by atoms with Gasteiger partial charge in [0, 0.05) is 6.85 Å². The average molecular weight is 129 g/mol. The van der Waals surface area contributed by atoms with Gasteiger partial charge in [-0.05, 0) is 18.0 Å². The molecule has 0 fully saturated rings. The van der Waals surface area contributed by atoms with Crippen molar-refractivity contribution < 1.29 is 11.2 Å². The van der Waals surface area contributed by atoms with E-state index in [0.717, 1.165) is 12.1 Å². The fourth-order valence-electron chi connectivity index (χ4n) is 0.563. The van der Waals surface area contributed by atoms with Crippen LogP contribution in [-0.4, -0.2) is 0 Å². The molecule has 0 unspecified atom stereocenters. The number of aryl methyl sites for hydroxylation is 1. The Hall–Kier alpha value is -0.850. The summed E-state index contributed by atoms with van der Waals surface area (Å²) >= 11 is 0. The third-order valence-corrected chi connectivity index (χ3v) is 1.01. The van der Waals surface area contributed by atoms with Crippen molar-refractivity contribution in [3.8, 4) is 0 Å². The maximum atomic E-state index is 13.1. The highest BCUT2D eigenvalue weighted by molar-refractivity contribution is 5.16. The van der Waals surface area contributed by atoms with E-state index in [4.69, 9.17) is 6.85 Å². The van der Waals surface area contributed by atoms with E-state index in [0.29, 0.717) is 0 Å². The van der Waals surface area contributed by atoms with Crippen LogP contribution in [0.5, 0.6) is 0 Å². The molecule has 0 heterocycles. The smallest absolute Gasteiger partial charge is 0.126 e. The summed E-state index contributed by atoms with van der Waals surface area (Å²) in [6.45, 7) is -2.87. The normalized spacial score (nSPS) is 20.8. The third kappa shape index (κ3) is 1.28. The summed E-state index contributed by atoms with van der Waals surface area (Å²) in [6, 6.07) is 4.97. The van der Waals surface area contributed by atoms with Crippen molar-refractivity contribution in [2.45, 2.75) is 13.2 Å². The molecule has 0 nitrogen and oxygen atoms in total. The summed E-state index contributed by atoms with van der Waals surface area (Å²) in [5.41, 5.74) is -0.431. The van der Waals surface area contributed by atoms with Crippen LogP contribution in [0, 0.1) is 5.82 Å². The SMILES string of the molecule is [2H]C([2H])([2H])C([2H])([2H])c1ccccc1F. The number of halogens is 1. The lowest BCUT2D eigenvalue weighted by Crippen LogP contribution is -1.83. The molecule has 0 aromatic heterocycles. The zero-order valence-corrected chi connectivity index (χ0v) is 4.69. The van der Waals surface area contributed by atoms with E-state index in [9.17, 15) is 4.39 Å². The standard InChI is InChI=1S/C8H9F/c1-2-7-5-3-4-6-8(7)9/h3-6H,2H2,1H3/i1D3,2D2. The predicted octanol–water partition coefficient (Wildman–Crippen LogP) is 2.39. The van der Waals surface area contributed by atoms with E-state index in [1.54, 1.807) is 0 Å². The Morgan fingerprint density at radius 1 is 1.67 bits per heavy atom. The van der Waals surface area contributed by atoms with Crippen molar-refractivity contribution >= 4 is 0 Å². The van der Waals surface area contributed by atoms with Gasteiger partial charge in [-0.2, -0.15) is 0 Å². The van der Waals surface area contributed by atoms with Crippen LogP contribution < -0.4 is 0 Å². The van der Waals surface area contributed by atoms with Gasteiger partial charge in [-0.1, -0.05) is 25.1 Å². The minimum Gasteiger partial charge on any atom is -0.207 e. The monoisotopic (exact) mass is 129 g/mol. The number of hydrogen-bond donors (Lipinski definition) is 0. The van der Waals surface area contributed by atoms with E-state index < -0.39 is 24.6 Å². The van der Waals surface area contributed by atoms with Gasteiger partial charge >= 0.3 is 0 Å². The van der Waals surface area contributed by atoms with Crippen LogP contribution >= 0.6 is 0 Å². The van der Waals surface area contributed by atoms with Crippen LogP contribution in [0.2, 0.25) is 0 Å². The lowest BCUT2D eigenvalue weighted by molar-refractivity contribution is 0.612. The second-order valence-corrected chi connectivity index (χ2v) is 1.60. The lowest BCUT2D eigenvalue weighted by atomic mass is 10.2. The van der Waals surface area contributed by atoms with E-state index in [-0.39, 0.29) is 0 Å². The zero-order chi connectivity index (χ0) is 11.0. The molecule has 0 saturated carbocycles. The van der Waals surface area contributed by atoms with E-state index >= 15 is 0 Å². The third-order valence-electron chi connectivity index (χ3n) is 1.01. The second-order valence-electron chi connectivity index (χ2n) is 1.60. The molecule has 0 amide bonds. The molecule has 9 heavy (non-hydrogen) atoms. The summed E-state index contributed by atoms with van der Waals surface area (Å²) in [6.07, 6.45) is -2.65. The maximum Gasteiger partial charge on any atom is 0.126 e. The maximum absolute atomic E-state index is 13.1. The summed E-state index contributed by atoms with van der Waals surface area (Å²) in [7, 11) is 0. The molecule has 48 valence electrons. The van der Waals surface area contributed by atoms with Crippen LogP contribution in [0.25, 0.3) is 0 Å². The largest absolute Gasteiger partial charge is 0.207 e. The first kappa shape index (κ1) is 2.41. The van der Waals surface area contributed by atoms with Gasteiger partial charge in [-0.25, -0.2) is 4.39 Å². The molecule has 0 atom stereocenters. The second kappa shape index (κ2) is 2.62. The van der Waals surface area contributed by atoms with Gasteiger partial charge in [0.05, 0.1) is 0 Å². The Labute approximate surface area is 61.4 Å². The van der Waals surface area contributed by atoms with Gasteiger partial charge in [-0.3, -0.25) is 0 Å². The average Bonchev–Trinajstić information content (AvgIpc) is 2.02. The fraction of sp³-hybridized carbons (Fsp3) is 0.250. The van der Waals surface area contributed by atoms with Crippen molar-refractivity contribution in [2.75, 3.05) is 0 Å². The molecule has 0 spiro atoms. The summed E-state index contributed by atoms with van der Waals surface area (Å²) < 4.78 is 48.7. The predicted molar refractivity (Wildman–Crippen MR) is 35.8 cm³/mol. The summed E-state index contributed by atoms with van der Waals surface area (Å²) in [4.78, 5) is 0. The van der Waals surface area contributed by atoms with Gasteiger partial charge in [0.1, 0.15) is 5.82 Å². The topological polar surface area (TPSA) is 0 Å². The first-order valence-corrected chi connectivity index (χ1v) is 2.52. The van der Waals surface area contributed by atoms with E-state index in [1.807, 2.05) is 0 Å². The highest BCUT2D eigenvalue weighted by atomic mass is 19.1. The highest BCUT2D eigenvalue weighted by Gasteiger charge is 1.93.